The quantitative estimate of drug-likeness (QED) is 0.295. The van der Waals surface area contributed by atoms with E-state index >= 15 is 0 Å². The van der Waals surface area contributed by atoms with Gasteiger partial charge in [0.15, 0.2) is 5.96 Å². The van der Waals surface area contributed by atoms with Crippen molar-refractivity contribution in [3.05, 3.63) is 35.4 Å². The number of halogens is 1. The normalized spacial score (nSPS) is 11.8. The van der Waals surface area contributed by atoms with Crippen molar-refractivity contribution in [2.24, 2.45) is 4.99 Å². The van der Waals surface area contributed by atoms with Gasteiger partial charge < -0.3 is 15.4 Å². The molecule has 132 valence electrons. The average Bonchev–Trinajstić information content (AvgIpc) is 2.48. The maximum atomic E-state index is 5.83. The molecule has 0 atom stereocenters. The monoisotopic (exact) mass is 433 g/mol. The summed E-state index contributed by atoms with van der Waals surface area (Å²) in [6.07, 6.45) is 2.33. The van der Waals surface area contributed by atoms with Crippen LogP contribution in [-0.2, 0) is 17.9 Å². The van der Waals surface area contributed by atoms with Gasteiger partial charge in [-0.2, -0.15) is 0 Å². The number of guanidine groups is 1. The summed E-state index contributed by atoms with van der Waals surface area (Å²) < 4.78 is 5.83. The van der Waals surface area contributed by atoms with Crippen LogP contribution in [0.2, 0.25) is 0 Å². The molecular weight excluding hydrogens is 401 g/mol. The van der Waals surface area contributed by atoms with Gasteiger partial charge in [0.2, 0.25) is 0 Å². The summed E-state index contributed by atoms with van der Waals surface area (Å²) in [5, 5.41) is 6.66. The van der Waals surface area contributed by atoms with Gasteiger partial charge in [0, 0.05) is 20.1 Å². The third-order valence-electron chi connectivity index (χ3n) is 3.17. The van der Waals surface area contributed by atoms with E-state index in [-0.39, 0.29) is 29.6 Å². The fraction of sp³-hybridized carbons (Fsp3) is 0.611. The molecule has 0 aliphatic carbocycles. The maximum absolute atomic E-state index is 5.83. The highest BCUT2D eigenvalue weighted by molar-refractivity contribution is 14.0. The Bertz CT molecular complexity index is 470. The van der Waals surface area contributed by atoms with Crippen LogP contribution < -0.4 is 10.6 Å². The Morgan fingerprint density at radius 2 is 1.87 bits per heavy atom. The molecule has 0 heterocycles. The molecule has 0 fully saturated rings. The van der Waals surface area contributed by atoms with Gasteiger partial charge in [0.25, 0.3) is 0 Å². The largest absolute Gasteiger partial charge is 0.371 e. The number of nitrogens with one attached hydrogen (secondary N) is 2. The number of nitrogens with zero attached hydrogens (tertiary/aromatic N) is 1. The Hall–Kier alpha value is -0.820. The minimum absolute atomic E-state index is 0. The van der Waals surface area contributed by atoms with E-state index in [9.17, 15) is 0 Å². The standard InChI is InChI=1S/C18H31N3O.HI/c1-6-7-11-20-17(19-5)21-13-15-9-8-10-16(12-15)14-22-18(2,3)4;/h8-10,12H,6-7,11,13-14H2,1-5H3,(H2,19,20,21);1H. The molecule has 1 rings (SSSR count). The first-order chi connectivity index (χ1) is 10.4. The number of aliphatic imine (C=N–C) groups is 1. The third kappa shape index (κ3) is 10.5. The number of hydrogen-bond acceptors (Lipinski definition) is 2. The van der Waals surface area contributed by atoms with Crippen molar-refractivity contribution in [1.29, 1.82) is 0 Å². The summed E-state index contributed by atoms with van der Waals surface area (Å²) in [5.74, 6) is 0.852. The molecule has 0 radical (unpaired) electrons. The molecule has 0 aliphatic heterocycles. The van der Waals surface area contributed by atoms with Gasteiger partial charge >= 0.3 is 0 Å². The summed E-state index contributed by atoms with van der Waals surface area (Å²) in [6, 6.07) is 8.47. The van der Waals surface area contributed by atoms with Gasteiger partial charge in [-0.1, -0.05) is 37.6 Å². The van der Waals surface area contributed by atoms with Crippen LogP contribution in [0.25, 0.3) is 0 Å². The third-order valence-corrected chi connectivity index (χ3v) is 3.17. The highest BCUT2D eigenvalue weighted by Gasteiger charge is 2.10. The highest BCUT2D eigenvalue weighted by Crippen LogP contribution is 2.13. The van der Waals surface area contributed by atoms with Gasteiger partial charge in [0.1, 0.15) is 0 Å². The molecule has 0 spiro atoms. The summed E-state index contributed by atoms with van der Waals surface area (Å²) in [4.78, 5) is 4.24. The van der Waals surface area contributed by atoms with Crippen LogP contribution in [0.4, 0.5) is 0 Å². The molecule has 1 aromatic rings. The predicted molar refractivity (Wildman–Crippen MR) is 110 cm³/mol. The Morgan fingerprint density at radius 1 is 1.17 bits per heavy atom. The Kier molecular flexibility index (Phi) is 11.3. The number of rotatable bonds is 7. The van der Waals surface area contributed by atoms with Crippen molar-refractivity contribution < 1.29 is 4.74 Å². The predicted octanol–water partition coefficient (Wildman–Crippen LogP) is 4.08. The van der Waals surface area contributed by atoms with Crippen LogP contribution in [0.5, 0.6) is 0 Å². The van der Waals surface area contributed by atoms with Crippen molar-refractivity contribution in [2.45, 2.75) is 59.3 Å². The molecule has 0 aromatic heterocycles. The fourth-order valence-corrected chi connectivity index (χ4v) is 1.92. The Labute approximate surface area is 158 Å². The van der Waals surface area contributed by atoms with Gasteiger partial charge in [-0.15, -0.1) is 24.0 Å². The minimum atomic E-state index is -0.112. The van der Waals surface area contributed by atoms with Crippen LogP contribution in [-0.4, -0.2) is 25.2 Å². The number of hydrogen-bond donors (Lipinski definition) is 2. The van der Waals surface area contributed by atoms with Crippen LogP contribution >= 0.6 is 24.0 Å². The maximum Gasteiger partial charge on any atom is 0.191 e. The minimum Gasteiger partial charge on any atom is -0.371 e. The molecule has 5 heteroatoms. The molecule has 0 saturated heterocycles. The fourth-order valence-electron chi connectivity index (χ4n) is 1.92. The molecule has 4 nitrogen and oxygen atoms in total. The van der Waals surface area contributed by atoms with Crippen LogP contribution in [0, 0.1) is 0 Å². The van der Waals surface area contributed by atoms with E-state index in [1.807, 2.05) is 0 Å². The zero-order chi connectivity index (χ0) is 16.4. The molecule has 0 unspecified atom stereocenters. The van der Waals surface area contributed by atoms with Crippen LogP contribution in [0.1, 0.15) is 51.7 Å². The zero-order valence-electron chi connectivity index (χ0n) is 15.1. The molecule has 0 saturated carbocycles. The summed E-state index contributed by atoms with van der Waals surface area (Å²) in [5.41, 5.74) is 2.32. The first-order valence-corrected chi connectivity index (χ1v) is 8.11. The van der Waals surface area contributed by atoms with E-state index in [4.69, 9.17) is 4.74 Å². The second kappa shape index (κ2) is 11.7. The van der Waals surface area contributed by atoms with Crippen molar-refractivity contribution in [1.82, 2.24) is 10.6 Å². The SMILES string of the molecule is CCCCNC(=NC)NCc1cccc(COC(C)(C)C)c1.I. The van der Waals surface area contributed by atoms with Crippen molar-refractivity contribution in [3.63, 3.8) is 0 Å². The zero-order valence-corrected chi connectivity index (χ0v) is 17.4. The summed E-state index contributed by atoms with van der Waals surface area (Å²) in [6.45, 7) is 10.8. The molecule has 2 N–H and O–H groups in total. The lowest BCUT2D eigenvalue weighted by molar-refractivity contribution is -0.0149. The molecule has 1 aromatic carbocycles. The van der Waals surface area contributed by atoms with E-state index in [1.165, 1.54) is 17.5 Å². The van der Waals surface area contributed by atoms with E-state index in [2.05, 4.69) is 67.6 Å². The molecule has 23 heavy (non-hydrogen) atoms. The summed E-state index contributed by atoms with van der Waals surface area (Å²) in [7, 11) is 1.80. The first kappa shape index (κ1) is 22.2. The van der Waals surface area contributed by atoms with Crippen molar-refractivity contribution >= 4 is 29.9 Å². The number of ether oxygens (including phenoxy) is 1. The topological polar surface area (TPSA) is 45.7 Å². The van der Waals surface area contributed by atoms with Gasteiger partial charge in [-0.05, 0) is 38.3 Å². The summed E-state index contributed by atoms with van der Waals surface area (Å²) >= 11 is 0. The van der Waals surface area contributed by atoms with Crippen molar-refractivity contribution in [2.75, 3.05) is 13.6 Å². The van der Waals surface area contributed by atoms with Gasteiger partial charge in [0.05, 0.1) is 12.2 Å². The van der Waals surface area contributed by atoms with Gasteiger partial charge in [-0.3, -0.25) is 4.99 Å². The second-order valence-electron chi connectivity index (χ2n) is 6.43. The van der Waals surface area contributed by atoms with E-state index in [0.717, 1.165) is 25.5 Å². The number of unbranched alkanes of at least 4 members (excludes halogenated alkanes) is 1. The van der Waals surface area contributed by atoms with Crippen LogP contribution in [0.3, 0.4) is 0 Å². The first-order valence-electron chi connectivity index (χ1n) is 8.11. The van der Waals surface area contributed by atoms with Crippen molar-refractivity contribution in [3.8, 4) is 0 Å². The van der Waals surface area contributed by atoms with E-state index in [0.29, 0.717) is 6.61 Å². The van der Waals surface area contributed by atoms with E-state index < -0.39 is 0 Å². The second-order valence-corrected chi connectivity index (χ2v) is 6.43. The Morgan fingerprint density at radius 3 is 2.48 bits per heavy atom. The molecular formula is C18H32IN3O. The molecule has 0 bridgehead atoms. The lowest BCUT2D eigenvalue weighted by Crippen LogP contribution is -2.37. The smallest absolute Gasteiger partial charge is 0.191 e. The number of benzene rings is 1. The van der Waals surface area contributed by atoms with E-state index in [1.54, 1.807) is 7.05 Å². The Balaban J connectivity index is 0.00000484. The molecule has 0 amide bonds. The van der Waals surface area contributed by atoms with Crippen LogP contribution in [0.15, 0.2) is 29.3 Å². The highest BCUT2D eigenvalue weighted by atomic mass is 127. The molecule has 0 aliphatic rings. The average molecular weight is 433 g/mol. The van der Waals surface area contributed by atoms with Gasteiger partial charge in [-0.25, -0.2) is 0 Å². The lowest BCUT2D eigenvalue weighted by Gasteiger charge is -2.19. The lowest BCUT2D eigenvalue weighted by atomic mass is 10.1.